The van der Waals surface area contributed by atoms with E-state index in [1.807, 2.05) is 18.2 Å². The number of nitrogens with zero attached hydrogens (tertiary/aromatic N) is 3. The van der Waals surface area contributed by atoms with Crippen molar-refractivity contribution in [3.8, 4) is 45.3 Å². The minimum atomic E-state index is 0.276. The first-order valence-corrected chi connectivity index (χ1v) is 15.3. The van der Waals surface area contributed by atoms with Crippen molar-refractivity contribution in [2.24, 2.45) is 0 Å². The van der Waals surface area contributed by atoms with Crippen LogP contribution in [-0.2, 0) is 0 Å². The first kappa shape index (κ1) is 24.0. The zero-order valence-electron chi connectivity index (χ0n) is 22.0. The second-order valence-electron chi connectivity index (χ2n) is 10.1. The topological polar surface area (TPSA) is 38.7 Å². The van der Waals surface area contributed by atoms with Crippen LogP contribution in [0, 0.1) is 0 Å². The fourth-order valence-corrected chi connectivity index (χ4v) is 7.86. The van der Waals surface area contributed by atoms with Crippen molar-refractivity contribution in [3.05, 3.63) is 140 Å². The van der Waals surface area contributed by atoms with Gasteiger partial charge < -0.3 is 0 Å². The molecule has 0 saturated heterocycles. The Hall–Kier alpha value is -4.89. The summed E-state index contributed by atoms with van der Waals surface area (Å²) >= 11 is 0.276. The summed E-state index contributed by atoms with van der Waals surface area (Å²) in [5, 5.41) is 5.03. The van der Waals surface area contributed by atoms with E-state index in [1.54, 1.807) is 0 Å². The molecule has 0 saturated carbocycles. The third-order valence-electron chi connectivity index (χ3n) is 7.54. The van der Waals surface area contributed by atoms with Gasteiger partial charge in [-0.05, 0) is 10.8 Å². The third kappa shape index (κ3) is 4.35. The minimum absolute atomic E-state index is 0.276. The van der Waals surface area contributed by atoms with Crippen LogP contribution in [0.2, 0.25) is 0 Å². The summed E-state index contributed by atoms with van der Waals surface area (Å²) in [6, 6.07) is 49.0. The quantitative estimate of drug-likeness (QED) is 0.193. The Labute approximate surface area is 243 Å². The van der Waals surface area contributed by atoms with Gasteiger partial charge >= 0.3 is 203 Å². The molecular formula is C37H23N3Se. The molecule has 0 bridgehead atoms. The molecule has 0 aliphatic heterocycles. The fourth-order valence-electron chi connectivity index (χ4n) is 5.48. The van der Waals surface area contributed by atoms with E-state index in [0.29, 0.717) is 17.5 Å². The molecule has 6 aromatic carbocycles. The molecule has 41 heavy (non-hydrogen) atoms. The van der Waals surface area contributed by atoms with Crippen molar-refractivity contribution in [2.75, 3.05) is 0 Å². The van der Waals surface area contributed by atoms with Crippen LogP contribution >= 0.6 is 0 Å². The van der Waals surface area contributed by atoms with Gasteiger partial charge in [-0.2, -0.15) is 0 Å². The Morgan fingerprint density at radius 1 is 0.390 bits per heavy atom. The van der Waals surface area contributed by atoms with Gasteiger partial charge in [0.2, 0.25) is 0 Å². The SMILES string of the molecule is c1ccc(-c2nc(-c3ccc(-c4ccc5ccccc5c4)cc3)nc(-c3cccc4[se]c5ccccc5c34)n2)cc1. The van der Waals surface area contributed by atoms with Gasteiger partial charge in [0.25, 0.3) is 0 Å². The van der Waals surface area contributed by atoms with Gasteiger partial charge in [0, 0.05) is 0 Å². The van der Waals surface area contributed by atoms with Crippen molar-refractivity contribution >= 4 is 44.6 Å². The van der Waals surface area contributed by atoms with E-state index >= 15 is 0 Å². The fraction of sp³-hybridized carbons (Fsp3) is 0. The predicted octanol–water partition coefficient (Wildman–Crippen LogP) is 9.06. The Kier molecular flexibility index (Phi) is 5.81. The van der Waals surface area contributed by atoms with Gasteiger partial charge in [0.15, 0.2) is 0 Å². The van der Waals surface area contributed by atoms with Crippen LogP contribution < -0.4 is 0 Å². The van der Waals surface area contributed by atoms with Crippen LogP contribution in [0.4, 0.5) is 0 Å². The standard InChI is InChI=1S/C37H23N3Se/c1-2-10-26(11-3-1)35-38-36(27-20-17-25(18-21-27)29-22-19-24-9-4-5-12-28(24)23-29)40-37(39-35)31-14-8-16-33-34(31)30-13-6-7-15-32(30)41-33/h1-23H. The monoisotopic (exact) mass is 589 g/mol. The number of hydrogen-bond donors (Lipinski definition) is 0. The second-order valence-corrected chi connectivity index (χ2v) is 12.4. The Morgan fingerprint density at radius 2 is 1.00 bits per heavy atom. The molecule has 0 unspecified atom stereocenters. The molecule has 8 rings (SSSR count). The van der Waals surface area contributed by atoms with Gasteiger partial charge in [-0.3, -0.25) is 0 Å². The molecule has 3 nitrogen and oxygen atoms in total. The molecular weight excluding hydrogens is 565 g/mol. The summed E-state index contributed by atoms with van der Waals surface area (Å²) in [4.78, 5) is 15.1. The molecule has 0 fully saturated rings. The van der Waals surface area contributed by atoms with Crippen molar-refractivity contribution in [2.45, 2.75) is 0 Å². The average Bonchev–Trinajstić information content (AvgIpc) is 3.44. The summed E-state index contributed by atoms with van der Waals surface area (Å²) in [7, 11) is 0. The van der Waals surface area contributed by atoms with E-state index < -0.39 is 0 Å². The van der Waals surface area contributed by atoms with Crippen LogP contribution in [0.15, 0.2) is 140 Å². The van der Waals surface area contributed by atoms with E-state index in [9.17, 15) is 0 Å². The van der Waals surface area contributed by atoms with Crippen LogP contribution in [0.3, 0.4) is 0 Å². The van der Waals surface area contributed by atoms with E-state index in [1.165, 1.54) is 35.6 Å². The van der Waals surface area contributed by atoms with Crippen molar-refractivity contribution in [1.82, 2.24) is 15.0 Å². The Balaban J connectivity index is 1.28. The van der Waals surface area contributed by atoms with Gasteiger partial charge in [-0.1, -0.05) is 30.3 Å². The van der Waals surface area contributed by atoms with E-state index in [2.05, 4.69) is 121 Å². The second kappa shape index (κ2) is 9.94. The molecule has 0 aliphatic carbocycles. The van der Waals surface area contributed by atoms with E-state index in [-0.39, 0.29) is 14.5 Å². The molecule has 0 aliphatic rings. The van der Waals surface area contributed by atoms with Gasteiger partial charge in [-0.25, -0.2) is 0 Å². The first-order valence-electron chi connectivity index (χ1n) is 13.6. The van der Waals surface area contributed by atoms with Gasteiger partial charge in [0.1, 0.15) is 0 Å². The van der Waals surface area contributed by atoms with E-state index in [4.69, 9.17) is 15.0 Å². The molecule has 0 atom stereocenters. The Bertz CT molecular complexity index is 2200. The summed E-state index contributed by atoms with van der Waals surface area (Å²) in [6.07, 6.45) is 0. The molecule has 8 aromatic rings. The third-order valence-corrected chi connectivity index (χ3v) is 9.92. The number of aromatic nitrogens is 3. The maximum atomic E-state index is 5.08. The molecule has 0 amide bonds. The number of rotatable bonds is 4. The van der Waals surface area contributed by atoms with Gasteiger partial charge in [-0.15, -0.1) is 0 Å². The number of benzene rings is 6. The molecule has 0 spiro atoms. The Morgan fingerprint density at radius 3 is 1.83 bits per heavy atom. The number of hydrogen-bond acceptors (Lipinski definition) is 3. The summed E-state index contributed by atoms with van der Waals surface area (Å²) < 4.78 is 2.78. The zero-order chi connectivity index (χ0) is 27.2. The van der Waals surface area contributed by atoms with Crippen LogP contribution in [0.5, 0.6) is 0 Å². The average molecular weight is 589 g/mol. The van der Waals surface area contributed by atoms with Gasteiger partial charge in [0.05, 0.1) is 0 Å². The van der Waals surface area contributed by atoms with Crippen LogP contribution in [0.1, 0.15) is 0 Å². The molecule has 0 radical (unpaired) electrons. The number of fused-ring (bicyclic) bond motifs is 4. The normalized spacial score (nSPS) is 11.4. The molecule has 2 aromatic heterocycles. The van der Waals surface area contributed by atoms with E-state index in [0.717, 1.165) is 22.3 Å². The zero-order valence-corrected chi connectivity index (χ0v) is 23.7. The van der Waals surface area contributed by atoms with Crippen LogP contribution in [0.25, 0.3) is 75.4 Å². The molecule has 192 valence electrons. The summed E-state index contributed by atoms with van der Waals surface area (Å²) in [6.45, 7) is 0. The van der Waals surface area contributed by atoms with Crippen molar-refractivity contribution < 1.29 is 0 Å². The van der Waals surface area contributed by atoms with Crippen molar-refractivity contribution in [1.29, 1.82) is 0 Å². The van der Waals surface area contributed by atoms with Crippen LogP contribution in [-0.4, -0.2) is 29.5 Å². The maximum absolute atomic E-state index is 5.08. The molecule has 2 heterocycles. The summed E-state index contributed by atoms with van der Waals surface area (Å²) in [5.74, 6) is 2.06. The molecule has 0 N–H and O–H groups in total. The predicted molar refractivity (Wildman–Crippen MR) is 171 cm³/mol. The molecule has 4 heteroatoms. The summed E-state index contributed by atoms with van der Waals surface area (Å²) in [5.41, 5.74) is 5.35. The van der Waals surface area contributed by atoms with Crippen molar-refractivity contribution in [3.63, 3.8) is 0 Å². The first-order chi connectivity index (χ1) is 20.3.